The van der Waals surface area contributed by atoms with E-state index in [9.17, 15) is 10.2 Å². The smallest absolute Gasteiger partial charge is 0.123 e. The van der Waals surface area contributed by atoms with Crippen LogP contribution in [0.25, 0.3) is 0 Å². The van der Waals surface area contributed by atoms with Crippen LogP contribution in [0.5, 0.6) is 17.2 Å². The molecule has 0 spiro atoms. The number of hydrogen-bond acceptors (Lipinski definition) is 4. The van der Waals surface area contributed by atoms with Crippen molar-refractivity contribution in [2.45, 2.75) is 31.1 Å². The van der Waals surface area contributed by atoms with E-state index in [1.54, 1.807) is 18.2 Å². The third-order valence-corrected chi connectivity index (χ3v) is 6.72. The Morgan fingerprint density at radius 3 is 2.23 bits per heavy atom. The lowest BCUT2D eigenvalue weighted by atomic mass is 9.75. The maximum absolute atomic E-state index is 10.2. The molecule has 3 aromatic carbocycles. The quantitative estimate of drug-likeness (QED) is 0.613. The average molecular weight is 416 g/mol. The van der Waals surface area contributed by atoms with Gasteiger partial charge in [-0.05, 0) is 79.4 Å². The maximum atomic E-state index is 10.2. The largest absolute Gasteiger partial charge is 0.508 e. The molecule has 0 bridgehead atoms. The van der Waals surface area contributed by atoms with Gasteiger partial charge < -0.3 is 19.8 Å². The molecule has 0 saturated carbocycles. The molecule has 0 amide bonds. The molecule has 1 saturated heterocycles. The number of hydrogen-bond donors (Lipinski definition) is 2. The highest BCUT2D eigenvalue weighted by atomic mass is 16.5. The van der Waals surface area contributed by atoms with Crippen LogP contribution in [0, 0.1) is 0 Å². The molecule has 2 heterocycles. The first-order chi connectivity index (χ1) is 15.2. The van der Waals surface area contributed by atoms with Crippen molar-refractivity contribution < 1.29 is 14.9 Å². The SMILES string of the molecule is Oc1ccc([C@H]2COc3ccc(O)cc3[C@H]2c2ccc(CCN3CCCC3)cc2)cc1. The van der Waals surface area contributed by atoms with Crippen molar-refractivity contribution in [2.75, 3.05) is 26.2 Å². The third kappa shape index (κ3) is 4.26. The third-order valence-electron chi connectivity index (χ3n) is 6.72. The van der Waals surface area contributed by atoms with Crippen LogP contribution >= 0.6 is 0 Å². The molecule has 2 atom stereocenters. The molecule has 0 aromatic heterocycles. The molecule has 160 valence electrons. The van der Waals surface area contributed by atoms with Gasteiger partial charge in [-0.25, -0.2) is 0 Å². The monoisotopic (exact) mass is 415 g/mol. The molecule has 0 aliphatic carbocycles. The van der Waals surface area contributed by atoms with Crippen LogP contribution < -0.4 is 4.74 Å². The van der Waals surface area contributed by atoms with Crippen molar-refractivity contribution >= 4 is 0 Å². The van der Waals surface area contributed by atoms with Gasteiger partial charge in [-0.1, -0.05) is 36.4 Å². The van der Waals surface area contributed by atoms with Crippen molar-refractivity contribution in [3.8, 4) is 17.2 Å². The summed E-state index contributed by atoms with van der Waals surface area (Å²) in [6, 6.07) is 21.7. The van der Waals surface area contributed by atoms with Crippen LogP contribution in [0.1, 0.15) is 46.9 Å². The lowest BCUT2D eigenvalue weighted by Crippen LogP contribution is -2.25. The molecule has 0 unspecified atom stereocenters. The van der Waals surface area contributed by atoms with Crippen molar-refractivity contribution in [3.05, 3.63) is 89.0 Å². The van der Waals surface area contributed by atoms with E-state index in [2.05, 4.69) is 29.2 Å². The van der Waals surface area contributed by atoms with Crippen LogP contribution in [-0.2, 0) is 6.42 Å². The van der Waals surface area contributed by atoms with E-state index in [1.807, 2.05) is 24.3 Å². The van der Waals surface area contributed by atoms with E-state index in [-0.39, 0.29) is 23.3 Å². The Hall–Kier alpha value is -2.98. The van der Waals surface area contributed by atoms with Gasteiger partial charge in [0.2, 0.25) is 0 Å². The van der Waals surface area contributed by atoms with Crippen LogP contribution in [0.2, 0.25) is 0 Å². The molecule has 3 aromatic rings. The second-order valence-electron chi connectivity index (χ2n) is 8.75. The van der Waals surface area contributed by atoms with Crippen molar-refractivity contribution in [3.63, 3.8) is 0 Å². The summed E-state index contributed by atoms with van der Waals surface area (Å²) in [6.45, 7) is 4.15. The first kappa shape index (κ1) is 20.0. The number of phenols is 2. The van der Waals surface area contributed by atoms with E-state index in [1.165, 1.54) is 37.1 Å². The molecule has 1 fully saturated rings. The Morgan fingerprint density at radius 2 is 1.48 bits per heavy atom. The summed E-state index contributed by atoms with van der Waals surface area (Å²) in [5, 5.41) is 19.9. The summed E-state index contributed by atoms with van der Waals surface area (Å²) < 4.78 is 6.07. The minimum Gasteiger partial charge on any atom is -0.508 e. The number of benzene rings is 3. The van der Waals surface area contributed by atoms with Gasteiger partial charge in [0.1, 0.15) is 17.2 Å². The zero-order valence-corrected chi connectivity index (χ0v) is 17.7. The molecule has 2 N–H and O–H groups in total. The number of fused-ring (bicyclic) bond motifs is 1. The molecule has 31 heavy (non-hydrogen) atoms. The summed E-state index contributed by atoms with van der Waals surface area (Å²) in [7, 11) is 0. The van der Waals surface area contributed by atoms with E-state index >= 15 is 0 Å². The number of aromatic hydroxyl groups is 2. The molecular weight excluding hydrogens is 386 g/mol. The van der Waals surface area contributed by atoms with E-state index < -0.39 is 0 Å². The summed E-state index contributed by atoms with van der Waals surface area (Å²) >= 11 is 0. The van der Waals surface area contributed by atoms with Crippen molar-refractivity contribution in [1.29, 1.82) is 0 Å². The van der Waals surface area contributed by atoms with Gasteiger partial charge in [0.25, 0.3) is 0 Å². The van der Waals surface area contributed by atoms with Crippen molar-refractivity contribution in [1.82, 2.24) is 4.90 Å². The summed E-state index contributed by atoms with van der Waals surface area (Å²) in [5.41, 5.74) is 4.71. The fourth-order valence-corrected chi connectivity index (χ4v) is 5.01. The highest BCUT2D eigenvalue weighted by Gasteiger charge is 2.33. The minimum absolute atomic E-state index is 0.0769. The number of likely N-dealkylation sites (tertiary alicyclic amines) is 1. The minimum atomic E-state index is 0.0769. The fraction of sp³-hybridized carbons (Fsp3) is 0.333. The fourth-order valence-electron chi connectivity index (χ4n) is 5.01. The molecule has 4 heteroatoms. The first-order valence-electron chi connectivity index (χ1n) is 11.2. The lowest BCUT2D eigenvalue weighted by molar-refractivity contribution is 0.248. The topological polar surface area (TPSA) is 52.9 Å². The molecule has 4 nitrogen and oxygen atoms in total. The van der Waals surface area contributed by atoms with Crippen LogP contribution in [0.15, 0.2) is 66.7 Å². The Balaban J connectivity index is 1.45. The van der Waals surface area contributed by atoms with Gasteiger partial charge in [-0.15, -0.1) is 0 Å². The summed E-state index contributed by atoms with van der Waals surface area (Å²) in [4.78, 5) is 2.55. The van der Waals surface area contributed by atoms with Gasteiger partial charge in [-0.3, -0.25) is 0 Å². The van der Waals surface area contributed by atoms with Gasteiger partial charge in [0, 0.05) is 23.9 Å². The highest BCUT2D eigenvalue weighted by Crippen LogP contribution is 2.47. The summed E-state index contributed by atoms with van der Waals surface area (Å²) in [5.74, 6) is 1.52. The maximum Gasteiger partial charge on any atom is 0.123 e. The van der Waals surface area contributed by atoms with Gasteiger partial charge in [0.15, 0.2) is 0 Å². The zero-order valence-electron chi connectivity index (χ0n) is 17.7. The van der Waals surface area contributed by atoms with Crippen molar-refractivity contribution in [2.24, 2.45) is 0 Å². The molecule has 2 aliphatic rings. The van der Waals surface area contributed by atoms with Gasteiger partial charge in [-0.2, -0.15) is 0 Å². The second-order valence-corrected chi connectivity index (χ2v) is 8.75. The number of ether oxygens (including phenoxy) is 1. The van der Waals surface area contributed by atoms with Crippen LogP contribution in [0.4, 0.5) is 0 Å². The second kappa shape index (κ2) is 8.64. The Labute approximate surface area is 183 Å². The lowest BCUT2D eigenvalue weighted by Gasteiger charge is -2.34. The van der Waals surface area contributed by atoms with Crippen LogP contribution in [0.3, 0.4) is 0 Å². The number of rotatable bonds is 5. The van der Waals surface area contributed by atoms with Gasteiger partial charge >= 0.3 is 0 Å². The Morgan fingerprint density at radius 1 is 0.806 bits per heavy atom. The molecule has 0 radical (unpaired) electrons. The van der Waals surface area contributed by atoms with Gasteiger partial charge in [0.05, 0.1) is 6.61 Å². The predicted molar refractivity (Wildman–Crippen MR) is 122 cm³/mol. The van der Waals surface area contributed by atoms with E-state index in [4.69, 9.17) is 4.74 Å². The Bertz CT molecular complexity index is 1020. The average Bonchev–Trinajstić information content (AvgIpc) is 3.32. The normalized spacial score (nSPS) is 20.9. The highest BCUT2D eigenvalue weighted by molar-refractivity contribution is 5.51. The van der Waals surface area contributed by atoms with E-state index in [0.717, 1.165) is 29.8 Å². The number of phenolic OH excluding ortho intramolecular Hbond substituents is 2. The number of nitrogens with zero attached hydrogens (tertiary/aromatic N) is 1. The van der Waals surface area contributed by atoms with E-state index in [0.29, 0.717) is 6.61 Å². The summed E-state index contributed by atoms with van der Waals surface area (Å²) in [6.07, 6.45) is 3.73. The zero-order chi connectivity index (χ0) is 21.2. The standard InChI is InChI=1S/C27H29NO3/c29-22-9-7-20(8-10-22)25-18-31-26-12-11-23(30)17-24(26)27(25)21-5-3-19(4-6-21)13-16-28-14-1-2-15-28/h3-12,17,25,27,29-30H,1-2,13-16,18H2/t25-,27-/m1/s1. The molecule has 2 aliphatic heterocycles. The molecule has 5 rings (SSSR count). The predicted octanol–water partition coefficient (Wildman–Crippen LogP) is 5.04. The first-order valence-corrected chi connectivity index (χ1v) is 11.2. The molecular formula is C27H29NO3. The Kier molecular flexibility index (Phi) is 5.56. The van der Waals surface area contributed by atoms with Crippen LogP contribution in [-0.4, -0.2) is 41.4 Å².